The SMILES string of the molecule is Cc1ccc(NC(=O)C(=O)NCC(C)(C)CO)cc1. The summed E-state index contributed by atoms with van der Waals surface area (Å²) in [5.41, 5.74) is 1.21. The molecule has 1 aromatic rings. The van der Waals surface area contributed by atoms with E-state index < -0.39 is 17.2 Å². The number of carbonyl (C=O) groups is 2. The molecular formula is C14H20N2O3. The Balaban J connectivity index is 2.49. The second-order valence-electron chi connectivity index (χ2n) is 5.33. The number of hydrogen-bond acceptors (Lipinski definition) is 3. The lowest BCUT2D eigenvalue weighted by molar-refractivity contribution is -0.136. The standard InChI is InChI=1S/C14H20N2O3/c1-10-4-6-11(7-5-10)16-13(19)12(18)15-8-14(2,3)9-17/h4-7,17H,8-9H2,1-3H3,(H,15,18)(H,16,19). The summed E-state index contributed by atoms with van der Waals surface area (Å²) >= 11 is 0. The Morgan fingerprint density at radius 1 is 1.16 bits per heavy atom. The first kappa shape index (κ1) is 15.2. The average Bonchev–Trinajstić information content (AvgIpc) is 2.38. The first-order valence-electron chi connectivity index (χ1n) is 6.11. The van der Waals surface area contributed by atoms with Crippen LogP contribution in [0.4, 0.5) is 5.69 Å². The first-order valence-corrected chi connectivity index (χ1v) is 6.11. The van der Waals surface area contributed by atoms with Gasteiger partial charge in [0.2, 0.25) is 0 Å². The summed E-state index contributed by atoms with van der Waals surface area (Å²) in [4.78, 5) is 23.2. The monoisotopic (exact) mass is 264 g/mol. The fraction of sp³-hybridized carbons (Fsp3) is 0.429. The van der Waals surface area contributed by atoms with Crippen LogP contribution in [0, 0.1) is 12.3 Å². The molecule has 0 fully saturated rings. The molecule has 5 heteroatoms. The van der Waals surface area contributed by atoms with Crippen LogP contribution in [0.2, 0.25) is 0 Å². The molecule has 5 nitrogen and oxygen atoms in total. The molecule has 19 heavy (non-hydrogen) atoms. The molecule has 0 bridgehead atoms. The minimum absolute atomic E-state index is 0.0626. The Morgan fingerprint density at radius 2 is 1.74 bits per heavy atom. The van der Waals surface area contributed by atoms with Crippen LogP contribution >= 0.6 is 0 Å². The van der Waals surface area contributed by atoms with Crippen molar-refractivity contribution in [2.24, 2.45) is 5.41 Å². The summed E-state index contributed by atoms with van der Waals surface area (Å²) in [6.45, 7) is 5.71. The van der Waals surface area contributed by atoms with Crippen LogP contribution in [0.5, 0.6) is 0 Å². The summed E-state index contributed by atoms with van der Waals surface area (Å²) in [7, 11) is 0. The summed E-state index contributed by atoms with van der Waals surface area (Å²) in [6, 6.07) is 7.17. The largest absolute Gasteiger partial charge is 0.396 e. The molecule has 3 N–H and O–H groups in total. The normalized spacial score (nSPS) is 10.9. The smallest absolute Gasteiger partial charge is 0.313 e. The predicted molar refractivity (Wildman–Crippen MR) is 73.7 cm³/mol. The third-order valence-electron chi connectivity index (χ3n) is 2.67. The molecular weight excluding hydrogens is 244 g/mol. The van der Waals surface area contributed by atoms with Crippen molar-refractivity contribution in [2.45, 2.75) is 20.8 Å². The minimum Gasteiger partial charge on any atom is -0.396 e. The summed E-state index contributed by atoms with van der Waals surface area (Å²) < 4.78 is 0. The molecule has 1 aromatic carbocycles. The maximum absolute atomic E-state index is 11.6. The average molecular weight is 264 g/mol. The van der Waals surface area contributed by atoms with Gasteiger partial charge in [-0.3, -0.25) is 9.59 Å². The van der Waals surface area contributed by atoms with Gasteiger partial charge in [0.1, 0.15) is 0 Å². The lowest BCUT2D eigenvalue weighted by atomic mass is 9.95. The minimum atomic E-state index is -0.711. The number of anilines is 1. The molecule has 0 radical (unpaired) electrons. The van der Waals surface area contributed by atoms with E-state index in [1.807, 2.05) is 19.1 Å². The number of aryl methyl sites for hydroxylation is 1. The van der Waals surface area contributed by atoms with Gasteiger partial charge in [0.05, 0.1) is 0 Å². The van der Waals surface area contributed by atoms with E-state index in [2.05, 4.69) is 10.6 Å². The van der Waals surface area contributed by atoms with Crippen molar-refractivity contribution >= 4 is 17.5 Å². The topological polar surface area (TPSA) is 78.4 Å². The van der Waals surface area contributed by atoms with Gasteiger partial charge in [-0.15, -0.1) is 0 Å². The first-order chi connectivity index (χ1) is 8.84. The number of aliphatic hydroxyl groups excluding tert-OH is 1. The number of benzene rings is 1. The van der Waals surface area contributed by atoms with E-state index in [1.165, 1.54) is 0 Å². The third-order valence-corrected chi connectivity index (χ3v) is 2.67. The Morgan fingerprint density at radius 3 is 2.26 bits per heavy atom. The molecule has 0 aromatic heterocycles. The zero-order valence-electron chi connectivity index (χ0n) is 11.5. The molecule has 0 unspecified atom stereocenters. The highest BCUT2D eigenvalue weighted by Crippen LogP contribution is 2.11. The lowest BCUT2D eigenvalue weighted by Crippen LogP contribution is -2.41. The van der Waals surface area contributed by atoms with Crippen LogP contribution < -0.4 is 10.6 Å². The van der Waals surface area contributed by atoms with Crippen molar-refractivity contribution in [3.05, 3.63) is 29.8 Å². The predicted octanol–water partition coefficient (Wildman–Crippen LogP) is 1.07. The highest BCUT2D eigenvalue weighted by atomic mass is 16.3. The number of carbonyl (C=O) groups excluding carboxylic acids is 2. The van der Waals surface area contributed by atoms with E-state index >= 15 is 0 Å². The number of nitrogens with one attached hydrogen (secondary N) is 2. The molecule has 0 aliphatic heterocycles. The molecule has 0 saturated heterocycles. The maximum atomic E-state index is 11.6. The Bertz CT molecular complexity index is 452. The van der Waals surface area contributed by atoms with E-state index in [9.17, 15) is 9.59 Å². The summed E-state index contributed by atoms with van der Waals surface area (Å²) in [5, 5.41) is 14.1. The number of amides is 2. The maximum Gasteiger partial charge on any atom is 0.313 e. The van der Waals surface area contributed by atoms with Gasteiger partial charge in [0.15, 0.2) is 0 Å². The molecule has 2 amide bonds. The Hall–Kier alpha value is -1.88. The number of aliphatic hydroxyl groups is 1. The van der Waals surface area contributed by atoms with Crippen molar-refractivity contribution in [1.29, 1.82) is 0 Å². The lowest BCUT2D eigenvalue weighted by Gasteiger charge is -2.21. The van der Waals surface area contributed by atoms with Gasteiger partial charge in [-0.25, -0.2) is 0 Å². The molecule has 1 rings (SSSR count). The Kier molecular flexibility index (Phi) is 5.06. The van der Waals surface area contributed by atoms with Crippen LogP contribution in [0.15, 0.2) is 24.3 Å². The molecule has 104 valence electrons. The van der Waals surface area contributed by atoms with Crippen molar-refractivity contribution in [1.82, 2.24) is 5.32 Å². The van der Waals surface area contributed by atoms with E-state index in [4.69, 9.17) is 5.11 Å². The van der Waals surface area contributed by atoms with E-state index in [1.54, 1.807) is 26.0 Å². The van der Waals surface area contributed by atoms with Crippen molar-refractivity contribution in [3.63, 3.8) is 0 Å². The fourth-order valence-electron chi connectivity index (χ4n) is 1.28. The number of hydrogen-bond donors (Lipinski definition) is 3. The van der Waals surface area contributed by atoms with E-state index in [-0.39, 0.29) is 13.2 Å². The summed E-state index contributed by atoms with van der Waals surface area (Å²) in [5.74, 6) is -1.42. The van der Waals surface area contributed by atoms with Crippen LogP contribution in [0.25, 0.3) is 0 Å². The van der Waals surface area contributed by atoms with Gasteiger partial charge in [-0.1, -0.05) is 31.5 Å². The van der Waals surface area contributed by atoms with Gasteiger partial charge < -0.3 is 15.7 Å². The highest BCUT2D eigenvalue weighted by Gasteiger charge is 2.20. The van der Waals surface area contributed by atoms with Crippen LogP contribution in [0.1, 0.15) is 19.4 Å². The fourth-order valence-corrected chi connectivity index (χ4v) is 1.28. The van der Waals surface area contributed by atoms with Crippen molar-refractivity contribution in [3.8, 4) is 0 Å². The zero-order valence-corrected chi connectivity index (χ0v) is 11.5. The molecule has 0 aliphatic rings. The molecule has 0 atom stereocenters. The third kappa shape index (κ3) is 5.09. The highest BCUT2D eigenvalue weighted by molar-refractivity contribution is 6.39. The van der Waals surface area contributed by atoms with Crippen LogP contribution in [-0.2, 0) is 9.59 Å². The number of rotatable bonds is 4. The Labute approximate surface area is 113 Å². The zero-order chi connectivity index (χ0) is 14.5. The molecule has 0 aliphatic carbocycles. The van der Waals surface area contributed by atoms with Gasteiger partial charge >= 0.3 is 11.8 Å². The summed E-state index contributed by atoms with van der Waals surface area (Å²) in [6.07, 6.45) is 0. The second-order valence-corrected chi connectivity index (χ2v) is 5.33. The molecule has 0 heterocycles. The van der Waals surface area contributed by atoms with Gasteiger partial charge in [-0.2, -0.15) is 0 Å². The van der Waals surface area contributed by atoms with Crippen molar-refractivity contribution < 1.29 is 14.7 Å². The molecule has 0 saturated carbocycles. The van der Waals surface area contributed by atoms with Gasteiger partial charge in [0.25, 0.3) is 0 Å². The van der Waals surface area contributed by atoms with Gasteiger partial charge in [-0.05, 0) is 19.1 Å². The quantitative estimate of drug-likeness (QED) is 0.712. The van der Waals surface area contributed by atoms with Crippen LogP contribution in [0.3, 0.4) is 0 Å². The molecule has 0 spiro atoms. The van der Waals surface area contributed by atoms with E-state index in [0.717, 1.165) is 5.56 Å². The van der Waals surface area contributed by atoms with E-state index in [0.29, 0.717) is 5.69 Å². The van der Waals surface area contributed by atoms with Crippen molar-refractivity contribution in [2.75, 3.05) is 18.5 Å². The van der Waals surface area contributed by atoms with Crippen LogP contribution in [-0.4, -0.2) is 30.1 Å². The van der Waals surface area contributed by atoms with Gasteiger partial charge in [0, 0.05) is 24.3 Å². The second kappa shape index (κ2) is 6.33.